The molecule has 2 saturated heterocycles. The van der Waals surface area contributed by atoms with E-state index in [0.717, 1.165) is 22.9 Å². The van der Waals surface area contributed by atoms with Crippen LogP contribution in [-0.4, -0.2) is 24.0 Å². The second kappa shape index (κ2) is 5.89. The smallest absolute Gasteiger partial charge is 0.234 e. The van der Waals surface area contributed by atoms with Gasteiger partial charge in [0, 0.05) is 16.8 Å². The number of hydrogen-bond donors (Lipinski definition) is 1. The first kappa shape index (κ1) is 14.7. The van der Waals surface area contributed by atoms with Crippen LogP contribution < -0.4 is 5.32 Å². The first-order valence-corrected chi connectivity index (χ1v) is 8.08. The third-order valence-electron chi connectivity index (χ3n) is 4.34. The summed E-state index contributed by atoms with van der Waals surface area (Å²) in [5.74, 6) is -0.807. The summed E-state index contributed by atoms with van der Waals surface area (Å²) in [7, 11) is 0. The molecule has 2 fully saturated rings. The molecule has 4 unspecified atom stereocenters. The van der Waals surface area contributed by atoms with Crippen LogP contribution in [-0.2, 0) is 14.3 Å². The number of nitrogens with one attached hydrogen (secondary N) is 1. The van der Waals surface area contributed by atoms with Crippen LogP contribution >= 0.6 is 15.9 Å². The number of ether oxygens (including phenoxy) is 1. The number of hydrogen-bond acceptors (Lipinski definition) is 3. The Morgan fingerprint density at radius 3 is 2.76 bits per heavy atom. The van der Waals surface area contributed by atoms with Gasteiger partial charge in [-0.3, -0.25) is 14.9 Å². The molecule has 0 saturated carbocycles. The summed E-state index contributed by atoms with van der Waals surface area (Å²) >= 11 is 3.44. The largest absolute Gasteiger partial charge is 0.375 e. The molecule has 1 N–H and O–H groups in total. The molecule has 0 bridgehead atoms. The topological polar surface area (TPSA) is 55.4 Å². The van der Waals surface area contributed by atoms with Crippen molar-refractivity contribution in [2.24, 2.45) is 5.92 Å². The molecule has 21 heavy (non-hydrogen) atoms. The summed E-state index contributed by atoms with van der Waals surface area (Å²) in [6, 6.07) is 7.73. The number of carbonyl (C=O) groups is 2. The van der Waals surface area contributed by atoms with Gasteiger partial charge in [0.05, 0.1) is 18.1 Å². The molecular formula is C16H18BrNO3. The fourth-order valence-electron chi connectivity index (χ4n) is 3.39. The molecule has 0 aliphatic carbocycles. The Balaban J connectivity index is 1.93. The lowest BCUT2D eigenvalue weighted by molar-refractivity contribution is -0.139. The minimum absolute atomic E-state index is 0.0148. The van der Waals surface area contributed by atoms with Crippen molar-refractivity contribution in [2.75, 3.05) is 0 Å². The Morgan fingerprint density at radius 1 is 1.29 bits per heavy atom. The SMILES string of the molecule is CC1CCC(C2CC(=O)NC(=O)C2c2cccc(Br)c2)O1. The van der Waals surface area contributed by atoms with Crippen molar-refractivity contribution >= 4 is 27.7 Å². The standard InChI is InChI=1S/C16H18BrNO3/c1-9-5-6-13(21-9)12-8-14(19)18-16(20)15(12)10-3-2-4-11(17)7-10/h2-4,7,9,12-13,15H,5-6,8H2,1H3,(H,18,19,20). The first-order chi connectivity index (χ1) is 10.0. The van der Waals surface area contributed by atoms with Gasteiger partial charge in [-0.15, -0.1) is 0 Å². The van der Waals surface area contributed by atoms with Crippen molar-refractivity contribution in [1.29, 1.82) is 0 Å². The molecule has 2 aliphatic rings. The minimum atomic E-state index is -0.324. The molecule has 0 radical (unpaired) electrons. The second-order valence-corrected chi connectivity index (χ2v) is 6.79. The van der Waals surface area contributed by atoms with E-state index in [1.165, 1.54) is 0 Å². The molecule has 1 aromatic carbocycles. The Bertz CT molecular complexity index is 574. The van der Waals surface area contributed by atoms with Crippen LogP contribution in [0.2, 0.25) is 0 Å². The molecule has 0 aromatic heterocycles. The molecule has 4 nitrogen and oxygen atoms in total. The van der Waals surface area contributed by atoms with Crippen molar-refractivity contribution in [3.8, 4) is 0 Å². The predicted molar refractivity (Wildman–Crippen MR) is 81.7 cm³/mol. The summed E-state index contributed by atoms with van der Waals surface area (Å²) in [6.07, 6.45) is 2.44. The van der Waals surface area contributed by atoms with Crippen molar-refractivity contribution in [3.05, 3.63) is 34.3 Å². The first-order valence-electron chi connectivity index (χ1n) is 7.29. The van der Waals surface area contributed by atoms with Crippen LogP contribution in [0.3, 0.4) is 0 Å². The minimum Gasteiger partial charge on any atom is -0.375 e. The molecule has 3 rings (SSSR count). The van der Waals surface area contributed by atoms with Crippen LogP contribution in [0.5, 0.6) is 0 Å². The lowest BCUT2D eigenvalue weighted by Crippen LogP contribution is -2.48. The molecule has 1 aromatic rings. The molecule has 2 amide bonds. The van der Waals surface area contributed by atoms with E-state index in [4.69, 9.17) is 4.74 Å². The number of piperidine rings is 1. The molecule has 2 aliphatic heterocycles. The van der Waals surface area contributed by atoms with Gasteiger partial charge in [-0.2, -0.15) is 0 Å². The predicted octanol–water partition coefficient (Wildman–Crippen LogP) is 2.76. The Labute approximate surface area is 132 Å². The number of halogens is 1. The number of benzene rings is 1. The van der Waals surface area contributed by atoms with E-state index in [-0.39, 0.29) is 35.9 Å². The van der Waals surface area contributed by atoms with Gasteiger partial charge in [0.1, 0.15) is 0 Å². The maximum atomic E-state index is 12.4. The van der Waals surface area contributed by atoms with Crippen LogP contribution in [0.1, 0.15) is 37.7 Å². The van der Waals surface area contributed by atoms with E-state index >= 15 is 0 Å². The summed E-state index contributed by atoms with van der Waals surface area (Å²) in [5.41, 5.74) is 0.933. The monoisotopic (exact) mass is 351 g/mol. The Hall–Kier alpha value is -1.20. The summed E-state index contributed by atoms with van der Waals surface area (Å²) in [4.78, 5) is 24.1. The highest BCUT2D eigenvalue weighted by Gasteiger charge is 2.43. The molecule has 4 atom stereocenters. The molecule has 0 spiro atoms. The second-order valence-electron chi connectivity index (χ2n) is 5.88. The normalized spacial score (nSPS) is 33.0. The number of imide groups is 1. The van der Waals surface area contributed by atoms with Crippen molar-refractivity contribution in [1.82, 2.24) is 5.32 Å². The zero-order valence-corrected chi connectivity index (χ0v) is 13.4. The number of carbonyl (C=O) groups excluding carboxylic acids is 2. The third kappa shape index (κ3) is 3.04. The highest BCUT2D eigenvalue weighted by Crippen LogP contribution is 2.39. The quantitative estimate of drug-likeness (QED) is 0.833. The van der Waals surface area contributed by atoms with E-state index < -0.39 is 0 Å². The molecule has 112 valence electrons. The van der Waals surface area contributed by atoms with Crippen molar-refractivity contribution in [3.63, 3.8) is 0 Å². The van der Waals surface area contributed by atoms with E-state index in [9.17, 15) is 9.59 Å². The van der Waals surface area contributed by atoms with E-state index in [0.29, 0.717) is 6.42 Å². The van der Waals surface area contributed by atoms with Crippen LogP contribution in [0.4, 0.5) is 0 Å². The highest BCUT2D eigenvalue weighted by atomic mass is 79.9. The number of amides is 2. The summed E-state index contributed by atoms with van der Waals surface area (Å²) in [6.45, 7) is 2.04. The van der Waals surface area contributed by atoms with Crippen LogP contribution in [0.25, 0.3) is 0 Å². The van der Waals surface area contributed by atoms with Gasteiger partial charge >= 0.3 is 0 Å². The molecular weight excluding hydrogens is 334 g/mol. The van der Waals surface area contributed by atoms with Gasteiger partial charge in [0.2, 0.25) is 11.8 Å². The van der Waals surface area contributed by atoms with Gasteiger partial charge in [-0.25, -0.2) is 0 Å². The van der Waals surface area contributed by atoms with Gasteiger partial charge in [-0.1, -0.05) is 28.1 Å². The van der Waals surface area contributed by atoms with Gasteiger partial charge in [0.25, 0.3) is 0 Å². The van der Waals surface area contributed by atoms with E-state index in [1.807, 2.05) is 31.2 Å². The maximum Gasteiger partial charge on any atom is 0.234 e. The molecule has 5 heteroatoms. The van der Waals surface area contributed by atoms with E-state index in [1.54, 1.807) is 0 Å². The average Bonchev–Trinajstić information content (AvgIpc) is 2.84. The lowest BCUT2D eigenvalue weighted by atomic mass is 9.76. The summed E-state index contributed by atoms with van der Waals surface area (Å²) < 4.78 is 6.87. The summed E-state index contributed by atoms with van der Waals surface area (Å²) in [5, 5.41) is 2.46. The fourth-order valence-corrected chi connectivity index (χ4v) is 3.80. The molecule has 2 heterocycles. The van der Waals surface area contributed by atoms with E-state index in [2.05, 4.69) is 21.2 Å². The maximum absolute atomic E-state index is 12.4. The lowest BCUT2D eigenvalue weighted by Gasteiger charge is -2.34. The zero-order chi connectivity index (χ0) is 15.0. The zero-order valence-electron chi connectivity index (χ0n) is 11.8. The van der Waals surface area contributed by atoms with Crippen molar-refractivity contribution < 1.29 is 14.3 Å². The highest BCUT2D eigenvalue weighted by molar-refractivity contribution is 9.10. The average molecular weight is 352 g/mol. The van der Waals surface area contributed by atoms with Gasteiger partial charge in [0.15, 0.2) is 0 Å². The van der Waals surface area contributed by atoms with Crippen LogP contribution in [0, 0.1) is 5.92 Å². The Kier molecular flexibility index (Phi) is 4.13. The van der Waals surface area contributed by atoms with Crippen LogP contribution in [0.15, 0.2) is 28.7 Å². The Morgan fingerprint density at radius 2 is 2.10 bits per heavy atom. The fraction of sp³-hybridized carbons (Fsp3) is 0.500. The van der Waals surface area contributed by atoms with Crippen molar-refractivity contribution in [2.45, 2.75) is 44.3 Å². The van der Waals surface area contributed by atoms with Gasteiger partial charge < -0.3 is 4.74 Å². The third-order valence-corrected chi connectivity index (χ3v) is 4.84. The van der Waals surface area contributed by atoms with Gasteiger partial charge in [-0.05, 0) is 37.5 Å². The number of rotatable bonds is 2.